The maximum Gasteiger partial charge on any atom is 0.416 e. The highest BCUT2D eigenvalue weighted by molar-refractivity contribution is 5.79. The van der Waals surface area contributed by atoms with Gasteiger partial charge >= 0.3 is 12.1 Å². The molecular weight excluding hydrogens is 335 g/mol. The number of ether oxygens (including phenoxy) is 1. The average Bonchev–Trinajstić information content (AvgIpc) is 2.57. The Bertz CT molecular complexity index is 557. The number of nitrogens with zero attached hydrogens (tertiary/aromatic N) is 1. The minimum atomic E-state index is -4.31. The first kappa shape index (κ1) is 20.8. The summed E-state index contributed by atoms with van der Waals surface area (Å²) >= 11 is 0. The van der Waals surface area contributed by atoms with E-state index in [0.29, 0.717) is 44.9 Å². The summed E-state index contributed by atoms with van der Waals surface area (Å²) in [5.41, 5.74) is 0.154. The molecule has 0 saturated carbocycles. The second-order valence-electron chi connectivity index (χ2n) is 5.28. The summed E-state index contributed by atoms with van der Waals surface area (Å²) in [4.78, 5) is 15.3. The van der Waals surface area contributed by atoms with Crippen molar-refractivity contribution in [2.24, 2.45) is 4.99 Å². The smallest absolute Gasteiger partial charge is 0.416 e. The monoisotopic (exact) mass is 359 g/mol. The van der Waals surface area contributed by atoms with Crippen LogP contribution in [0.3, 0.4) is 0 Å². The third-order valence-electron chi connectivity index (χ3n) is 3.37. The van der Waals surface area contributed by atoms with Crippen molar-refractivity contribution < 1.29 is 22.7 Å². The van der Waals surface area contributed by atoms with Gasteiger partial charge in [0.05, 0.1) is 12.2 Å². The standard InChI is InChI=1S/C17H24F3N3O2/c1-3-25-15(24)5-4-11-22-16(21-2)23-12-10-13-6-8-14(9-7-13)17(18,19)20/h6-9H,3-5,10-12H2,1-2H3,(H2,21,22,23). The highest BCUT2D eigenvalue weighted by atomic mass is 19.4. The maximum atomic E-state index is 12.5. The fraction of sp³-hybridized carbons (Fsp3) is 0.529. The van der Waals surface area contributed by atoms with Gasteiger partial charge in [0.1, 0.15) is 0 Å². The summed E-state index contributed by atoms with van der Waals surface area (Å²) in [5.74, 6) is 0.352. The number of halogens is 3. The lowest BCUT2D eigenvalue weighted by Crippen LogP contribution is -2.38. The summed E-state index contributed by atoms with van der Waals surface area (Å²) < 4.78 is 42.3. The van der Waals surface area contributed by atoms with Crippen molar-refractivity contribution in [2.45, 2.75) is 32.4 Å². The molecule has 1 aromatic carbocycles. The van der Waals surface area contributed by atoms with E-state index in [4.69, 9.17) is 4.74 Å². The molecule has 0 fully saturated rings. The third kappa shape index (κ3) is 8.42. The molecule has 140 valence electrons. The lowest BCUT2D eigenvalue weighted by atomic mass is 10.1. The molecule has 0 atom stereocenters. The fourth-order valence-corrected chi connectivity index (χ4v) is 2.08. The van der Waals surface area contributed by atoms with Crippen LogP contribution in [-0.4, -0.2) is 38.7 Å². The SMILES string of the molecule is CCOC(=O)CCCNC(=NC)NCCc1ccc(C(F)(F)F)cc1. The van der Waals surface area contributed by atoms with Gasteiger partial charge in [-0.2, -0.15) is 13.2 Å². The third-order valence-corrected chi connectivity index (χ3v) is 3.37. The zero-order chi connectivity index (χ0) is 18.7. The van der Waals surface area contributed by atoms with Crippen LogP contribution in [0.2, 0.25) is 0 Å². The van der Waals surface area contributed by atoms with Gasteiger partial charge < -0.3 is 15.4 Å². The van der Waals surface area contributed by atoms with Gasteiger partial charge in [-0.25, -0.2) is 0 Å². The Labute approximate surface area is 145 Å². The first-order chi connectivity index (χ1) is 11.9. The van der Waals surface area contributed by atoms with E-state index in [1.165, 1.54) is 12.1 Å². The van der Waals surface area contributed by atoms with Gasteiger partial charge in [0, 0.05) is 26.6 Å². The van der Waals surface area contributed by atoms with E-state index in [2.05, 4.69) is 15.6 Å². The molecule has 0 radical (unpaired) electrons. The minimum absolute atomic E-state index is 0.227. The number of alkyl halides is 3. The van der Waals surface area contributed by atoms with Crippen molar-refractivity contribution in [1.82, 2.24) is 10.6 Å². The summed E-state index contributed by atoms with van der Waals surface area (Å²) in [5, 5.41) is 6.14. The first-order valence-electron chi connectivity index (χ1n) is 8.13. The Morgan fingerprint density at radius 2 is 1.80 bits per heavy atom. The second-order valence-corrected chi connectivity index (χ2v) is 5.28. The van der Waals surface area contributed by atoms with Crippen molar-refractivity contribution >= 4 is 11.9 Å². The number of rotatable bonds is 8. The van der Waals surface area contributed by atoms with E-state index in [9.17, 15) is 18.0 Å². The minimum Gasteiger partial charge on any atom is -0.466 e. The molecule has 0 heterocycles. The molecule has 0 aromatic heterocycles. The van der Waals surface area contributed by atoms with E-state index in [-0.39, 0.29) is 5.97 Å². The van der Waals surface area contributed by atoms with Gasteiger partial charge in [0.2, 0.25) is 0 Å². The fourth-order valence-electron chi connectivity index (χ4n) is 2.08. The number of benzene rings is 1. The Kier molecular flexibility index (Phi) is 8.80. The average molecular weight is 359 g/mol. The lowest BCUT2D eigenvalue weighted by molar-refractivity contribution is -0.143. The number of hydrogen-bond acceptors (Lipinski definition) is 3. The van der Waals surface area contributed by atoms with Gasteiger partial charge in [0.25, 0.3) is 0 Å². The molecule has 0 amide bonds. The van der Waals surface area contributed by atoms with E-state index in [1.54, 1.807) is 14.0 Å². The number of aliphatic imine (C=N–C) groups is 1. The Balaban J connectivity index is 2.28. The zero-order valence-corrected chi connectivity index (χ0v) is 14.4. The summed E-state index contributed by atoms with van der Waals surface area (Å²) in [7, 11) is 1.62. The molecule has 0 bridgehead atoms. The highest BCUT2D eigenvalue weighted by Crippen LogP contribution is 2.29. The molecule has 0 spiro atoms. The Hall–Kier alpha value is -2.25. The van der Waals surface area contributed by atoms with Crippen molar-refractivity contribution in [2.75, 3.05) is 26.7 Å². The van der Waals surface area contributed by atoms with Crippen molar-refractivity contribution in [1.29, 1.82) is 0 Å². The highest BCUT2D eigenvalue weighted by Gasteiger charge is 2.29. The molecule has 0 aliphatic rings. The molecular formula is C17H24F3N3O2. The second kappa shape index (κ2) is 10.6. The van der Waals surface area contributed by atoms with E-state index in [0.717, 1.165) is 17.7 Å². The molecule has 0 saturated heterocycles. The van der Waals surface area contributed by atoms with E-state index < -0.39 is 11.7 Å². The molecule has 1 rings (SSSR count). The summed E-state index contributed by atoms with van der Waals surface area (Å²) in [6.45, 7) is 3.24. The first-order valence-corrected chi connectivity index (χ1v) is 8.13. The molecule has 5 nitrogen and oxygen atoms in total. The molecule has 2 N–H and O–H groups in total. The van der Waals surface area contributed by atoms with Gasteiger partial charge in [-0.05, 0) is 37.5 Å². The van der Waals surface area contributed by atoms with Gasteiger partial charge in [0.15, 0.2) is 5.96 Å². The molecule has 0 aliphatic heterocycles. The Morgan fingerprint density at radius 1 is 1.16 bits per heavy atom. The van der Waals surface area contributed by atoms with Gasteiger partial charge in [-0.1, -0.05) is 12.1 Å². The van der Waals surface area contributed by atoms with E-state index >= 15 is 0 Å². The summed E-state index contributed by atoms with van der Waals surface area (Å²) in [6, 6.07) is 5.11. The van der Waals surface area contributed by atoms with Crippen LogP contribution < -0.4 is 10.6 Å². The maximum absolute atomic E-state index is 12.5. The number of esters is 1. The summed E-state index contributed by atoms with van der Waals surface area (Å²) in [6.07, 6.45) is -2.78. The Morgan fingerprint density at radius 3 is 2.36 bits per heavy atom. The van der Waals surface area contributed by atoms with Gasteiger partial charge in [-0.3, -0.25) is 9.79 Å². The number of carbonyl (C=O) groups is 1. The van der Waals surface area contributed by atoms with Crippen LogP contribution in [0, 0.1) is 0 Å². The molecule has 1 aromatic rings. The van der Waals surface area contributed by atoms with Crippen LogP contribution in [0.25, 0.3) is 0 Å². The van der Waals surface area contributed by atoms with Crippen molar-refractivity contribution in [3.8, 4) is 0 Å². The van der Waals surface area contributed by atoms with Crippen molar-refractivity contribution in [3.63, 3.8) is 0 Å². The van der Waals surface area contributed by atoms with Crippen LogP contribution in [0.5, 0.6) is 0 Å². The van der Waals surface area contributed by atoms with Gasteiger partial charge in [-0.15, -0.1) is 0 Å². The van der Waals surface area contributed by atoms with Crippen LogP contribution in [0.15, 0.2) is 29.3 Å². The molecule has 0 unspecified atom stereocenters. The van der Waals surface area contributed by atoms with Crippen molar-refractivity contribution in [3.05, 3.63) is 35.4 Å². The quantitative estimate of drug-likeness (QED) is 0.324. The predicted molar refractivity (Wildman–Crippen MR) is 90.4 cm³/mol. The number of hydrogen-bond donors (Lipinski definition) is 2. The topological polar surface area (TPSA) is 62.7 Å². The normalized spacial score (nSPS) is 12.0. The van der Waals surface area contributed by atoms with Crippen LogP contribution in [0.4, 0.5) is 13.2 Å². The largest absolute Gasteiger partial charge is 0.466 e. The van der Waals surface area contributed by atoms with Crippen LogP contribution in [0.1, 0.15) is 30.9 Å². The van der Waals surface area contributed by atoms with E-state index in [1.807, 2.05) is 0 Å². The number of nitrogens with one attached hydrogen (secondary N) is 2. The molecule has 8 heteroatoms. The van der Waals surface area contributed by atoms with Crippen LogP contribution >= 0.6 is 0 Å². The molecule has 25 heavy (non-hydrogen) atoms. The number of guanidine groups is 1. The lowest BCUT2D eigenvalue weighted by Gasteiger charge is -2.12. The molecule has 0 aliphatic carbocycles. The predicted octanol–water partition coefficient (Wildman–Crippen LogP) is 2.76. The van der Waals surface area contributed by atoms with Crippen LogP contribution in [-0.2, 0) is 22.1 Å². The zero-order valence-electron chi connectivity index (χ0n) is 14.4. The number of carbonyl (C=O) groups excluding carboxylic acids is 1.